The van der Waals surface area contributed by atoms with Gasteiger partial charge < -0.3 is 19.2 Å². The average Bonchev–Trinajstić information content (AvgIpc) is 3.55. The van der Waals surface area contributed by atoms with Gasteiger partial charge in [-0.1, -0.05) is 36.4 Å². The Morgan fingerprint density at radius 1 is 1.06 bits per heavy atom. The molecule has 176 valence electrons. The smallest absolute Gasteiger partial charge is 0.339 e. The van der Waals surface area contributed by atoms with Crippen LogP contribution in [0.2, 0.25) is 0 Å². The van der Waals surface area contributed by atoms with Crippen LogP contribution in [-0.2, 0) is 22.5 Å². The Labute approximate surface area is 202 Å². The van der Waals surface area contributed by atoms with Crippen molar-refractivity contribution < 1.29 is 23.5 Å². The van der Waals surface area contributed by atoms with Gasteiger partial charge >= 0.3 is 5.97 Å². The number of carbonyl (C=O) groups is 2. The number of allylic oxidation sites excluding steroid dienone is 1. The largest absolute Gasteiger partial charge is 0.496 e. The number of furan rings is 1. The normalized spacial score (nSPS) is 13.6. The van der Waals surface area contributed by atoms with Gasteiger partial charge in [-0.25, -0.2) is 9.78 Å². The van der Waals surface area contributed by atoms with E-state index in [1.54, 1.807) is 13.4 Å². The van der Waals surface area contributed by atoms with Crippen LogP contribution in [0.4, 0.5) is 0 Å². The number of carbonyl (C=O) groups excluding carboxylic acids is 2. The van der Waals surface area contributed by atoms with Crippen molar-refractivity contribution in [3.05, 3.63) is 95.1 Å². The number of amides is 1. The number of rotatable bonds is 7. The second-order valence-electron chi connectivity index (χ2n) is 8.18. The summed E-state index contributed by atoms with van der Waals surface area (Å²) in [5.74, 6) is 0.491. The maximum absolute atomic E-state index is 13.2. The van der Waals surface area contributed by atoms with Crippen molar-refractivity contribution >= 4 is 34.4 Å². The molecule has 0 aliphatic heterocycles. The van der Waals surface area contributed by atoms with Crippen LogP contribution in [0, 0.1) is 0 Å². The number of nitrogens with zero attached hydrogens (tertiary/aromatic N) is 1. The minimum atomic E-state index is -0.536. The number of pyridine rings is 1. The molecule has 2 aromatic carbocycles. The van der Waals surface area contributed by atoms with E-state index in [0.717, 1.165) is 34.6 Å². The summed E-state index contributed by atoms with van der Waals surface area (Å²) < 4.78 is 16.2. The minimum absolute atomic E-state index is 0.273. The van der Waals surface area contributed by atoms with E-state index in [-0.39, 0.29) is 13.2 Å². The maximum atomic E-state index is 13.2. The zero-order valence-corrected chi connectivity index (χ0v) is 19.2. The topological polar surface area (TPSA) is 90.7 Å². The van der Waals surface area contributed by atoms with Crippen LogP contribution in [0.15, 0.2) is 71.3 Å². The maximum Gasteiger partial charge on any atom is 0.339 e. The molecule has 0 saturated heterocycles. The van der Waals surface area contributed by atoms with Crippen LogP contribution >= 0.6 is 0 Å². The molecule has 2 aromatic heterocycles. The van der Waals surface area contributed by atoms with Gasteiger partial charge in [0.2, 0.25) is 0 Å². The minimum Gasteiger partial charge on any atom is -0.496 e. The lowest BCUT2D eigenvalue weighted by atomic mass is 10.0. The van der Waals surface area contributed by atoms with Crippen LogP contribution in [0.1, 0.15) is 39.4 Å². The Hall–Kier alpha value is -4.39. The number of esters is 1. The van der Waals surface area contributed by atoms with Gasteiger partial charge in [0.05, 0.1) is 30.1 Å². The van der Waals surface area contributed by atoms with E-state index in [9.17, 15) is 9.59 Å². The number of aromatic nitrogens is 1. The third-order valence-corrected chi connectivity index (χ3v) is 6.01. The summed E-state index contributed by atoms with van der Waals surface area (Å²) in [6.45, 7) is -0.108. The summed E-state index contributed by atoms with van der Waals surface area (Å²) in [6, 6.07) is 18.6. The van der Waals surface area contributed by atoms with Crippen LogP contribution < -0.4 is 10.1 Å². The zero-order valence-electron chi connectivity index (χ0n) is 19.2. The average molecular weight is 469 g/mol. The van der Waals surface area contributed by atoms with Gasteiger partial charge in [-0.2, -0.15) is 0 Å². The first kappa shape index (κ1) is 22.4. The highest BCUT2D eigenvalue weighted by Gasteiger charge is 2.28. The molecule has 0 radical (unpaired) electrons. The first-order valence-electron chi connectivity index (χ1n) is 11.4. The summed E-state index contributed by atoms with van der Waals surface area (Å²) in [7, 11) is 1.58. The zero-order chi connectivity index (χ0) is 24.2. The molecule has 0 spiro atoms. The molecule has 7 heteroatoms. The molecule has 35 heavy (non-hydrogen) atoms. The Bertz CT molecular complexity index is 1420. The lowest BCUT2D eigenvalue weighted by Gasteiger charge is -2.13. The number of methoxy groups -OCH3 is 1. The molecule has 7 nitrogen and oxygen atoms in total. The van der Waals surface area contributed by atoms with Gasteiger partial charge in [0.1, 0.15) is 11.5 Å². The van der Waals surface area contributed by atoms with E-state index in [2.05, 4.69) is 5.32 Å². The summed E-state index contributed by atoms with van der Waals surface area (Å²) in [5, 5.41) is 3.49. The van der Waals surface area contributed by atoms with Crippen molar-refractivity contribution in [1.29, 1.82) is 0 Å². The number of fused-ring (bicyclic) bond motifs is 2. The summed E-state index contributed by atoms with van der Waals surface area (Å²) in [5.41, 5.74) is 4.61. The molecule has 5 rings (SSSR count). The molecule has 0 atom stereocenters. The van der Waals surface area contributed by atoms with Crippen molar-refractivity contribution in [2.24, 2.45) is 0 Å². The highest BCUT2D eigenvalue weighted by molar-refractivity contribution is 6.07. The standard InChI is InChI=1S/C28H24N2O5/c1-33-24-11-5-2-7-19(24)16-29-25(31)17-35-28(32)26-21-9-3-4-10-23(21)30-27-18(12-13-22(26)27)15-20-8-6-14-34-20/h2-11,14-15H,12-13,16-17H2,1H3,(H,29,31)/b18-15+. The molecule has 1 N–H and O–H groups in total. The SMILES string of the molecule is COc1ccccc1CNC(=O)COC(=O)c1c2c(nc3ccccc13)/C(=C/c1ccco1)CC2. The first-order chi connectivity index (χ1) is 17.1. The van der Waals surface area contributed by atoms with Crippen molar-refractivity contribution in [2.75, 3.05) is 13.7 Å². The lowest BCUT2D eigenvalue weighted by molar-refractivity contribution is -0.124. The van der Waals surface area contributed by atoms with Crippen molar-refractivity contribution in [3.8, 4) is 5.75 Å². The molecular weight excluding hydrogens is 444 g/mol. The molecular formula is C28H24N2O5. The molecule has 1 aliphatic carbocycles. The third-order valence-electron chi connectivity index (χ3n) is 6.01. The number of ether oxygens (including phenoxy) is 2. The predicted octanol–water partition coefficient (Wildman–Crippen LogP) is 4.80. The molecule has 4 aromatic rings. The van der Waals surface area contributed by atoms with Gasteiger partial charge in [0.25, 0.3) is 5.91 Å². The molecule has 0 unspecified atom stereocenters. The van der Waals surface area contributed by atoms with Crippen LogP contribution in [0.25, 0.3) is 22.6 Å². The highest BCUT2D eigenvalue weighted by atomic mass is 16.5. The molecule has 0 fully saturated rings. The second kappa shape index (κ2) is 9.85. The number of nitrogens with one attached hydrogen (secondary N) is 1. The van der Waals surface area contributed by atoms with E-state index in [0.29, 0.717) is 28.6 Å². The number of para-hydroxylation sites is 2. The molecule has 1 amide bonds. The van der Waals surface area contributed by atoms with Gasteiger partial charge in [-0.15, -0.1) is 0 Å². The van der Waals surface area contributed by atoms with Gasteiger partial charge in [-0.3, -0.25) is 4.79 Å². The third kappa shape index (κ3) is 4.66. The molecule has 0 saturated carbocycles. The monoisotopic (exact) mass is 468 g/mol. The van der Waals surface area contributed by atoms with E-state index in [4.69, 9.17) is 18.9 Å². The molecule has 0 bridgehead atoms. The van der Waals surface area contributed by atoms with Gasteiger partial charge in [-0.05, 0) is 54.3 Å². The van der Waals surface area contributed by atoms with Crippen LogP contribution in [-0.4, -0.2) is 30.6 Å². The second-order valence-corrected chi connectivity index (χ2v) is 8.18. The Kier molecular flexibility index (Phi) is 6.30. The predicted molar refractivity (Wildman–Crippen MR) is 132 cm³/mol. The van der Waals surface area contributed by atoms with Crippen molar-refractivity contribution in [2.45, 2.75) is 19.4 Å². The molecule has 1 aliphatic rings. The van der Waals surface area contributed by atoms with Crippen LogP contribution in [0.3, 0.4) is 0 Å². The van der Waals surface area contributed by atoms with E-state index in [1.165, 1.54) is 0 Å². The number of hydrogen-bond acceptors (Lipinski definition) is 6. The lowest BCUT2D eigenvalue weighted by Crippen LogP contribution is -2.28. The fourth-order valence-corrected chi connectivity index (χ4v) is 4.35. The Balaban J connectivity index is 1.36. The number of benzene rings is 2. The van der Waals surface area contributed by atoms with Crippen molar-refractivity contribution in [1.82, 2.24) is 10.3 Å². The summed E-state index contributed by atoms with van der Waals surface area (Å²) in [4.78, 5) is 30.5. The quantitative estimate of drug-likeness (QED) is 0.392. The fraction of sp³-hybridized carbons (Fsp3) is 0.179. The molecule has 2 heterocycles. The highest BCUT2D eigenvalue weighted by Crippen LogP contribution is 2.37. The van der Waals surface area contributed by atoms with E-state index >= 15 is 0 Å². The summed E-state index contributed by atoms with van der Waals surface area (Å²) in [6.07, 6.45) is 4.97. The van der Waals surface area contributed by atoms with E-state index in [1.807, 2.05) is 66.7 Å². The van der Waals surface area contributed by atoms with Crippen molar-refractivity contribution in [3.63, 3.8) is 0 Å². The number of hydrogen-bond donors (Lipinski definition) is 1. The van der Waals surface area contributed by atoms with Gasteiger partial charge in [0.15, 0.2) is 6.61 Å². The first-order valence-corrected chi connectivity index (χ1v) is 11.4. The Morgan fingerprint density at radius 3 is 2.71 bits per heavy atom. The van der Waals surface area contributed by atoms with Crippen LogP contribution in [0.5, 0.6) is 5.75 Å². The summed E-state index contributed by atoms with van der Waals surface area (Å²) >= 11 is 0. The van der Waals surface area contributed by atoms with E-state index < -0.39 is 11.9 Å². The van der Waals surface area contributed by atoms with Gasteiger partial charge in [0, 0.05) is 17.5 Å². The fourth-order valence-electron chi connectivity index (χ4n) is 4.35. The Morgan fingerprint density at radius 2 is 1.89 bits per heavy atom.